The maximum absolute atomic E-state index is 13.1. The minimum absolute atomic E-state index is 0.0255. The van der Waals surface area contributed by atoms with Crippen molar-refractivity contribution in [3.63, 3.8) is 0 Å². The van der Waals surface area contributed by atoms with Crippen molar-refractivity contribution in [3.05, 3.63) is 41.2 Å². The predicted molar refractivity (Wildman–Crippen MR) is 113 cm³/mol. The van der Waals surface area contributed by atoms with Gasteiger partial charge < -0.3 is 9.64 Å². The van der Waals surface area contributed by atoms with Gasteiger partial charge in [0.15, 0.2) is 0 Å². The Morgan fingerprint density at radius 3 is 2.63 bits per heavy atom. The summed E-state index contributed by atoms with van der Waals surface area (Å²) in [5, 5.41) is 4.44. The van der Waals surface area contributed by atoms with Crippen molar-refractivity contribution < 1.29 is 17.9 Å². The molecular formula is C21H28N4O4S. The van der Waals surface area contributed by atoms with Gasteiger partial charge in [-0.3, -0.25) is 9.48 Å². The first-order valence-corrected chi connectivity index (χ1v) is 11.8. The van der Waals surface area contributed by atoms with Crippen LogP contribution in [0, 0.1) is 13.8 Å². The van der Waals surface area contributed by atoms with E-state index in [1.165, 1.54) is 9.87 Å². The highest BCUT2D eigenvalue weighted by Gasteiger charge is 2.33. The van der Waals surface area contributed by atoms with Crippen molar-refractivity contribution in [2.24, 2.45) is 0 Å². The number of sulfonamides is 1. The molecule has 2 aliphatic heterocycles. The second kappa shape index (κ2) is 8.13. The fourth-order valence-corrected chi connectivity index (χ4v) is 6.24. The SMILES string of the molecule is Cc1nn(CCC(=O)N2c3ccccc3C[C@@H]2C)c(C)c1S(=O)(=O)N1CCOCC1. The molecule has 1 atom stereocenters. The lowest BCUT2D eigenvalue weighted by molar-refractivity contribution is -0.119. The van der Waals surface area contributed by atoms with Crippen LogP contribution in [0.1, 0.15) is 30.3 Å². The second-order valence-electron chi connectivity index (χ2n) is 7.94. The first-order chi connectivity index (χ1) is 14.3. The van der Waals surface area contributed by atoms with Crippen LogP contribution in [0.15, 0.2) is 29.2 Å². The van der Waals surface area contributed by atoms with Gasteiger partial charge in [-0.25, -0.2) is 8.42 Å². The number of para-hydroxylation sites is 1. The third kappa shape index (κ3) is 3.66. The van der Waals surface area contributed by atoms with Gasteiger partial charge in [0.2, 0.25) is 15.9 Å². The summed E-state index contributed by atoms with van der Waals surface area (Å²) in [6.07, 6.45) is 1.11. The van der Waals surface area contributed by atoms with Gasteiger partial charge in [-0.1, -0.05) is 18.2 Å². The molecule has 9 heteroatoms. The number of aryl methyl sites for hydroxylation is 2. The molecule has 2 aliphatic rings. The standard InChI is InChI=1S/C21H28N4O4S/c1-15-14-18-6-4-5-7-19(18)25(15)20(26)8-9-24-17(3)21(16(2)22-24)30(27,28)23-10-12-29-13-11-23/h4-7,15H,8-14H2,1-3H3/t15-/m0/s1. The molecule has 4 rings (SSSR count). The van der Waals surface area contributed by atoms with E-state index in [-0.39, 0.29) is 23.3 Å². The minimum Gasteiger partial charge on any atom is -0.379 e. The van der Waals surface area contributed by atoms with Crippen molar-refractivity contribution in [1.82, 2.24) is 14.1 Å². The van der Waals surface area contributed by atoms with E-state index in [1.807, 2.05) is 30.0 Å². The molecule has 0 aliphatic carbocycles. The molecule has 2 aromatic rings. The predicted octanol–water partition coefficient (Wildman–Crippen LogP) is 1.89. The summed E-state index contributed by atoms with van der Waals surface area (Å²) in [5.41, 5.74) is 3.19. The maximum Gasteiger partial charge on any atom is 0.246 e. The molecule has 1 aromatic carbocycles. The van der Waals surface area contributed by atoms with Gasteiger partial charge in [0.05, 0.1) is 31.1 Å². The highest BCUT2D eigenvalue weighted by molar-refractivity contribution is 7.89. The molecule has 1 fully saturated rings. The largest absolute Gasteiger partial charge is 0.379 e. The van der Waals surface area contributed by atoms with E-state index in [2.05, 4.69) is 11.2 Å². The van der Waals surface area contributed by atoms with Crippen LogP contribution in [0.2, 0.25) is 0 Å². The number of hydrogen-bond acceptors (Lipinski definition) is 5. The maximum atomic E-state index is 13.1. The lowest BCUT2D eigenvalue weighted by Crippen LogP contribution is -2.41. The van der Waals surface area contributed by atoms with E-state index in [9.17, 15) is 13.2 Å². The van der Waals surface area contributed by atoms with Crippen molar-refractivity contribution in [2.45, 2.75) is 51.1 Å². The molecule has 0 bridgehead atoms. The number of aromatic nitrogens is 2. The molecule has 0 radical (unpaired) electrons. The molecule has 0 unspecified atom stereocenters. The Bertz CT molecular complexity index is 1060. The monoisotopic (exact) mass is 432 g/mol. The van der Waals surface area contributed by atoms with E-state index < -0.39 is 10.0 Å². The zero-order valence-electron chi connectivity index (χ0n) is 17.7. The topological polar surface area (TPSA) is 84.7 Å². The van der Waals surface area contributed by atoms with Crippen molar-refractivity contribution >= 4 is 21.6 Å². The number of carbonyl (C=O) groups excluding carboxylic acids is 1. The second-order valence-corrected chi connectivity index (χ2v) is 9.81. The van der Waals surface area contributed by atoms with E-state index in [4.69, 9.17) is 4.74 Å². The number of morpholine rings is 1. The lowest BCUT2D eigenvalue weighted by Gasteiger charge is -2.26. The summed E-state index contributed by atoms with van der Waals surface area (Å²) in [4.78, 5) is 15.1. The number of rotatable bonds is 5. The average molecular weight is 433 g/mol. The Balaban J connectivity index is 1.51. The molecule has 30 heavy (non-hydrogen) atoms. The number of fused-ring (bicyclic) bond motifs is 1. The minimum atomic E-state index is -3.63. The van der Waals surface area contributed by atoms with E-state index in [0.717, 1.165) is 12.1 Å². The number of anilines is 1. The fraction of sp³-hybridized carbons (Fsp3) is 0.524. The molecule has 0 spiro atoms. The Hall–Kier alpha value is -2.23. The molecule has 1 aromatic heterocycles. The molecule has 0 N–H and O–H groups in total. The van der Waals surface area contributed by atoms with Crippen LogP contribution in [-0.2, 0) is 32.5 Å². The Labute approximate surface area is 177 Å². The van der Waals surface area contributed by atoms with Crippen molar-refractivity contribution in [1.29, 1.82) is 0 Å². The number of hydrogen-bond donors (Lipinski definition) is 0. The van der Waals surface area contributed by atoms with E-state index in [1.54, 1.807) is 18.5 Å². The zero-order chi connectivity index (χ0) is 21.5. The molecule has 1 saturated heterocycles. The van der Waals surface area contributed by atoms with Crippen LogP contribution >= 0.6 is 0 Å². The van der Waals surface area contributed by atoms with Crippen LogP contribution in [0.5, 0.6) is 0 Å². The van der Waals surface area contributed by atoms with Gasteiger partial charge in [-0.15, -0.1) is 0 Å². The molecule has 8 nitrogen and oxygen atoms in total. The molecule has 1 amide bonds. The van der Waals surface area contributed by atoms with Gasteiger partial charge in [0.25, 0.3) is 0 Å². The number of amides is 1. The first kappa shape index (κ1) is 21.0. The van der Waals surface area contributed by atoms with E-state index in [0.29, 0.717) is 44.2 Å². The summed E-state index contributed by atoms with van der Waals surface area (Å²) < 4.78 is 34.6. The van der Waals surface area contributed by atoms with Gasteiger partial charge in [0, 0.05) is 31.2 Å². The zero-order valence-corrected chi connectivity index (χ0v) is 18.5. The summed E-state index contributed by atoms with van der Waals surface area (Å²) in [7, 11) is -3.63. The van der Waals surface area contributed by atoms with Gasteiger partial charge in [-0.05, 0) is 38.8 Å². The van der Waals surface area contributed by atoms with Crippen LogP contribution in [-0.4, -0.2) is 60.8 Å². The fourth-order valence-electron chi connectivity index (χ4n) is 4.46. The highest BCUT2D eigenvalue weighted by Crippen LogP contribution is 2.32. The lowest BCUT2D eigenvalue weighted by atomic mass is 10.1. The van der Waals surface area contributed by atoms with Crippen LogP contribution in [0.4, 0.5) is 5.69 Å². The van der Waals surface area contributed by atoms with Crippen molar-refractivity contribution in [3.8, 4) is 0 Å². The normalized spacial score (nSPS) is 19.8. The number of ether oxygens (including phenoxy) is 1. The van der Waals surface area contributed by atoms with Crippen LogP contribution in [0.3, 0.4) is 0 Å². The van der Waals surface area contributed by atoms with Crippen molar-refractivity contribution in [2.75, 3.05) is 31.2 Å². The summed E-state index contributed by atoms with van der Waals surface area (Å²) in [6.45, 7) is 7.34. The van der Waals surface area contributed by atoms with Gasteiger partial charge >= 0.3 is 0 Å². The van der Waals surface area contributed by atoms with Gasteiger partial charge in [-0.2, -0.15) is 9.40 Å². The highest BCUT2D eigenvalue weighted by atomic mass is 32.2. The first-order valence-electron chi connectivity index (χ1n) is 10.3. The Morgan fingerprint density at radius 2 is 1.90 bits per heavy atom. The average Bonchev–Trinajstić information content (AvgIpc) is 3.21. The molecule has 0 saturated carbocycles. The summed E-state index contributed by atoms with van der Waals surface area (Å²) >= 11 is 0. The third-order valence-electron chi connectivity index (χ3n) is 5.90. The Kier molecular flexibility index (Phi) is 5.69. The van der Waals surface area contributed by atoms with E-state index >= 15 is 0 Å². The Morgan fingerprint density at radius 1 is 1.20 bits per heavy atom. The van der Waals surface area contributed by atoms with Crippen LogP contribution < -0.4 is 4.90 Å². The van der Waals surface area contributed by atoms with Crippen LogP contribution in [0.25, 0.3) is 0 Å². The number of benzene rings is 1. The summed E-state index contributed by atoms with van der Waals surface area (Å²) in [6, 6.07) is 8.09. The molecular weight excluding hydrogens is 404 g/mol. The quantitative estimate of drug-likeness (QED) is 0.720. The third-order valence-corrected chi connectivity index (χ3v) is 8.05. The van der Waals surface area contributed by atoms with Gasteiger partial charge in [0.1, 0.15) is 4.90 Å². The number of nitrogens with zero attached hydrogens (tertiary/aromatic N) is 4. The number of carbonyl (C=O) groups is 1. The molecule has 3 heterocycles. The smallest absolute Gasteiger partial charge is 0.246 e. The summed E-state index contributed by atoms with van der Waals surface area (Å²) in [5.74, 6) is 0.0255. The molecule has 162 valence electrons.